The summed E-state index contributed by atoms with van der Waals surface area (Å²) in [6, 6.07) is 0. The number of hydrogen-bond donors (Lipinski definition) is 0. The SMILES string of the molecule is COCOC1CC2(CC=C(C)C)C(=O)C(C(=O)C([Si](C)(C)C)=C2OC)C1(C)CCC=C(C)C. The van der Waals surface area contributed by atoms with Crippen LogP contribution in [0.25, 0.3) is 0 Å². The zero-order valence-electron chi connectivity index (χ0n) is 22.4. The molecule has 0 aromatic rings. The van der Waals surface area contributed by atoms with Crippen molar-refractivity contribution >= 4 is 19.6 Å². The molecule has 0 radical (unpaired) electrons. The van der Waals surface area contributed by atoms with Gasteiger partial charge in [0, 0.05) is 17.7 Å². The molecule has 1 fully saturated rings. The average molecular weight is 477 g/mol. The quantitative estimate of drug-likeness (QED) is 0.167. The van der Waals surface area contributed by atoms with Crippen LogP contribution in [-0.2, 0) is 23.8 Å². The maximum absolute atomic E-state index is 14.3. The summed E-state index contributed by atoms with van der Waals surface area (Å²) in [4.78, 5) is 28.4. The molecule has 4 atom stereocenters. The summed E-state index contributed by atoms with van der Waals surface area (Å²) in [6.07, 6.45) is 6.49. The first-order chi connectivity index (χ1) is 15.3. The van der Waals surface area contributed by atoms with Gasteiger partial charge in [0.2, 0.25) is 0 Å². The Morgan fingerprint density at radius 1 is 1.06 bits per heavy atom. The summed E-state index contributed by atoms with van der Waals surface area (Å²) in [6.45, 7) is 16.9. The van der Waals surface area contributed by atoms with Crippen LogP contribution in [0.15, 0.2) is 34.3 Å². The number of ketones is 2. The molecule has 33 heavy (non-hydrogen) atoms. The molecule has 4 unspecified atom stereocenters. The highest BCUT2D eigenvalue weighted by Gasteiger charge is 2.66. The molecule has 0 spiro atoms. The third-order valence-electron chi connectivity index (χ3n) is 7.27. The van der Waals surface area contributed by atoms with Crippen LogP contribution in [0.5, 0.6) is 0 Å². The Balaban J connectivity index is 2.80. The molecule has 0 N–H and O–H groups in total. The molecule has 0 amide bonds. The number of ether oxygens (including phenoxy) is 3. The summed E-state index contributed by atoms with van der Waals surface area (Å²) < 4.78 is 17.5. The molecular formula is C27H44O5Si. The molecule has 0 heterocycles. The van der Waals surface area contributed by atoms with E-state index in [0.717, 1.165) is 17.2 Å². The maximum atomic E-state index is 14.3. The molecule has 186 valence electrons. The van der Waals surface area contributed by atoms with Crippen LogP contribution in [0.3, 0.4) is 0 Å². The van der Waals surface area contributed by atoms with Crippen molar-refractivity contribution in [3.8, 4) is 0 Å². The van der Waals surface area contributed by atoms with Crippen LogP contribution in [-0.4, -0.2) is 46.8 Å². The van der Waals surface area contributed by atoms with Crippen molar-refractivity contribution in [2.24, 2.45) is 16.7 Å². The summed E-state index contributed by atoms with van der Waals surface area (Å²) in [5, 5.41) is 0.787. The normalized spacial score (nSPS) is 29.8. The van der Waals surface area contributed by atoms with E-state index < -0.39 is 24.8 Å². The van der Waals surface area contributed by atoms with Gasteiger partial charge in [0.15, 0.2) is 11.6 Å². The monoisotopic (exact) mass is 476 g/mol. The Morgan fingerprint density at radius 3 is 2.15 bits per heavy atom. The first kappa shape index (κ1) is 27.7. The Bertz CT molecular complexity index is 854. The number of carbonyl (C=O) groups excluding carboxylic acids is 2. The van der Waals surface area contributed by atoms with Gasteiger partial charge in [-0.2, -0.15) is 0 Å². The van der Waals surface area contributed by atoms with E-state index in [0.29, 0.717) is 25.0 Å². The van der Waals surface area contributed by atoms with Gasteiger partial charge in [-0.15, -0.1) is 0 Å². The lowest BCUT2D eigenvalue weighted by Gasteiger charge is -2.56. The van der Waals surface area contributed by atoms with Crippen molar-refractivity contribution in [1.29, 1.82) is 0 Å². The van der Waals surface area contributed by atoms with E-state index in [4.69, 9.17) is 14.2 Å². The molecule has 0 saturated heterocycles. The molecule has 0 aromatic carbocycles. The Morgan fingerprint density at radius 2 is 1.67 bits per heavy atom. The van der Waals surface area contributed by atoms with E-state index in [1.165, 1.54) is 5.57 Å². The zero-order valence-corrected chi connectivity index (χ0v) is 23.4. The van der Waals surface area contributed by atoms with Crippen LogP contribution >= 0.6 is 0 Å². The van der Waals surface area contributed by atoms with Crippen molar-refractivity contribution in [2.45, 2.75) is 86.0 Å². The Hall–Kier alpha value is -1.50. The predicted molar refractivity (Wildman–Crippen MR) is 136 cm³/mol. The topological polar surface area (TPSA) is 61.8 Å². The van der Waals surface area contributed by atoms with Gasteiger partial charge in [-0.25, -0.2) is 0 Å². The molecule has 2 aliphatic rings. The van der Waals surface area contributed by atoms with E-state index in [2.05, 4.69) is 52.6 Å². The van der Waals surface area contributed by atoms with Crippen LogP contribution in [0, 0.1) is 16.7 Å². The highest BCUT2D eigenvalue weighted by Crippen LogP contribution is 2.59. The fourth-order valence-corrected chi connectivity index (χ4v) is 7.48. The number of Topliss-reactive ketones (excluding diaryl/α,β-unsaturated/α-hetero) is 2. The van der Waals surface area contributed by atoms with Gasteiger partial charge < -0.3 is 14.2 Å². The van der Waals surface area contributed by atoms with E-state index in [-0.39, 0.29) is 24.5 Å². The second-order valence-electron chi connectivity index (χ2n) is 11.5. The lowest BCUT2D eigenvalue weighted by atomic mass is 9.50. The lowest BCUT2D eigenvalue weighted by Crippen LogP contribution is -2.64. The van der Waals surface area contributed by atoms with Gasteiger partial charge in [-0.05, 0) is 53.4 Å². The smallest absolute Gasteiger partial charge is 0.169 e. The van der Waals surface area contributed by atoms with E-state index >= 15 is 0 Å². The maximum Gasteiger partial charge on any atom is 0.169 e. The van der Waals surface area contributed by atoms with Crippen molar-refractivity contribution in [2.75, 3.05) is 21.0 Å². The van der Waals surface area contributed by atoms with Crippen molar-refractivity contribution < 1.29 is 23.8 Å². The fourth-order valence-electron chi connectivity index (χ4n) is 5.57. The van der Waals surface area contributed by atoms with Crippen molar-refractivity contribution in [1.82, 2.24) is 0 Å². The highest BCUT2D eigenvalue weighted by molar-refractivity contribution is 6.87. The molecular weight excluding hydrogens is 432 g/mol. The van der Waals surface area contributed by atoms with Crippen LogP contribution in [0.2, 0.25) is 19.6 Å². The highest BCUT2D eigenvalue weighted by atomic mass is 28.3. The number of fused-ring (bicyclic) bond motifs is 2. The van der Waals surface area contributed by atoms with E-state index in [9.17, 15) is 9.59 Å². The summed E-state index contributed by atoms with van der Waals surface area (Å²) >= 11 is 0. The average Bonchev–Trinajstić information content (AvgIpc) is 2.69. The van der Waals surface area contributed by atoms with Gasteiger partial charge in [0.1, 0.15) is 12.6 Å². The summed E-state index contributed by atoms with van der Waals surface area (Å²) in [5.41, 5.74) is 0.876. The van der Waals surface area contributed by atoms with E-state index in [1.54, 1.807) is 14.2 Å². The zero-order chi connectivity index (χ0) is 25.2. The van der Waals surface area contributed by atoms with Crippen molar-refractivity contribution in [3.63, 3.8) is 0 Å². The van der Waals surface area contributed by atoms with Crippen LogP contribution in [0.4, 0.5) is 0 Å². The standard InChI is InChI=1S/C27H44O5Si/c1-18(2)12-11-14-26(5)20(32-17-30-6)16-27(15-13-19(3)4)24(29)21(26)22(28)23(25(27)31-7)33(8,9)10/h12-13,20-21H,11,14-17H2,1-10H3. The van der Waals surface area contributed by atoms with Gasteiger partial charge in [0.05, 0.1) is 32.6 Å². The number of carbonyl (C=O) groups is 2. The molecule has 0 aliphatic heterocycles. The molecule has 6 heteroatoms. The molecule has 5 nitrogen and oxygen atoms in total. The third-order valence-corrected chi connectivity index (χ3v) is 9.24. The van der Waals surface area contributed by atoms with Crippen LogP contribution in [0.1, 0.15) is 60.3 Å². The predicted octanol–water partition coefficient (Wildman–Crippen LogP) is 6.02. The Kier molecular flexibility index (Phi) is 8.75. The molecule has 2 bridgehead atoms. The molecule has 2 aliphatic carbocycles. The van der Waals surface area contributed by atoms with Gasteiger partial charge in [-0.1, -0.05) is 49.9 Å². The van der Waals surface area contributed by atoms with Gasteiger partial charge in [-0.3, -0.25) is 9.59 Å². The van der Waals surface area contributed by atoms with Gasteiger partial charge in [0.25, 0.3) is 0 Å². The summed E-state index contributed by atoms with van der Waals surface area (Å²) in [5.74, 6) is -0.192. The van der Waals surface area contributed by atoms with Crippen molar-refractivity contribution in [3.05, 3.63) is 34.3 Å². The second-order valence-corrected chi connectivity index (χ2v) is 16.5. The number of rotatable bonds is 10. The summed E-state index contributed by atoms with van der Waals surface area (Å²) in [7, 11) is 1.10. The first-order valence-corrected chi connectivity index (χ1v) is 15.5. The largest absolute Gasteiger partial charge is 0.500 e. The van der Waals surface area contributed by atoms with Gasteiger partial charge >= 0.3 is 0 Å². The lowest BCUT2D eigenvalue weighted by molar-refractivity contribution is -0.185. The minimum atomic E-state index is -2.11. The first-order valence-electron chi connectivity index (χ1n) is 12.0. The molecule has 1 saturated carbocycles. The number of methoxy groups -OCH3 is 2. The number of allylic oxidation sites excluding steroid dienone is 6. The van der Waals surface area contributed by atoms with Crippen LogP contribution < -0.4 is 0 Å². The minimum absolute atomic E-state index is 0.000756. The minimum Gasteiger partial charge on any atom is -0.500 e. The molecule has 2 rings (SSSR count). The Labute approximate surface area is 201 Å². The fraction of sp³-hybridized carbons (Fsp3) is 0.704. The number of hydrogen-bond acceptors (Lipinski definition) is 5. The third kappa shape index (κ3) is 5.28. The molecule has 0 aromatic heterocycles. The second kappa shape index (κ2) is 10.4. The van der Waals surface area contributed by atoms with E-state index in [1.807, 2.05) is 13.8 Å².